The van der Waals surface area contributed by atoms with E-state index in [1.807, 2.05) is 0 Å². The molecule has 0 spiro atoms. The van der Waals surface area contributed by atoms with Crippen LogP contribution < -0.4 is 0 Å². The van der Waals surface area contributed by atoms with Crippen molar-refractivity contribution in [2.45, 2.75) is 37.5 Å². The highest BCUT2D eigenvalue weighted by Crippen LogP contribution is 2.61. The van der Waals surface area contributed by atoms with Crippen LogP contribution in [0.15, 0.2) is 0 Å². The van der Waals surface area contributed by atoms with Crippen LogP contribution >= 0.6 is 11.6 Å². The fraction of sp³-hybridized carbons (Fsp3) is 0.909. The molecule has 4 saturated carbocycles. The Balaban J connectivity index is 2.01. The van der Waals surface area contributed by atoms with Gasteiger partial charge in [0.15, 0.2) is 0 Å². The molecule has 3 atom stereocenters. The second kappa shape index (κ2) is 2.66. The van der Waals surface area contributed by atoms with Crippen LogP contribution in [0.3, 0.4) is 0 Å². The lowest BCUT2D eigenvalue weighted by Gasteiger charge is -2.57. The number of alkyl halides is 1. The van der Waals surface area contributed by atoms with Gasteiger partial charge in [-0.2, -0.15) is 0 Å². The minimum atomic E-state index is -0.642. The lowest BCUT2D eigenvalue weighted by molar-refractivity contribution is -0.163. The van der Waals surface area contributed by atoms with E-state index in [9.17, 15) is 9.90 Å². The van der Waals surface area contributed by atoms with Crippen LogP contribution in [-0.2, 0) is 4.79 Å². The molecule has 0 unspecified atom stereocenters. The maximum absolute atomic E-state index is 11.4. The minimum Gasteiger partial charge on any atom is -0.481 e. The van der Waals surface area contributed by atoms with Crippen molar-refractivity contribution in [3.8, 4) is 0 Å². The Labute approximate surface area is 88.6 Å². The number of hydrogen-bond acceptors (Lipinski definition) is 1. The number of aliphatic carboxylic acids is 1. The van der Waals surface area contributed by atoms with Gasteiger partial charge in [0.25, 0.3) is 0 Å². The molecule has 4 aliphatic carbocycles. The molecule has 2 nitrogen and oxygen atoms in total. The van der Waals surface area contributed by atoms with E-state index in [1.165, 1.54) is 19.3 Å². The van der Waals surface area contributed by atoms with Gasteiger partial charge in [-0.05, 0) is 49.9 Å². The molecule has 0 aromatic rings. The molecule has 0 heterocycles. The molecule has 0 aromatic carbocycles. The highest BCUT2D eigenvalue weighted by atomic mass is 35.5. The van der Waals surface area contributed by atoms with Gasteiger partial charge < -0.3 is 5.11 Å². The molecule has 0 aliphatic heterocycles. The molecular formula is C11H15ClO2. The van der Waals surface area contributed by atoms with Crippen molar-refractivity contribution in [3.05, 3.63) is 0 Å². The predicted molar refractivity (Wildman–Crippen MR) is 53.3 cm³/mol. The number of carbonyl (C=O) groups is 1. The SMILES string of the molecule is O=C(O)C12C[C@@H]3CC(C[C@H](C3)C1)[C@H]2Cl. The Morgan fingerprint density at radius 3 is 2.29 bits per heavy atom. The van der Waals surface area contributed by atoms with Crippen LogP contribution in [0.1, 0.15) is 32.1 Å². The molecule has 4 aliphatic rings. The smallest absolute Gasteiger partial charge is 0.311 e. The fourth-order valence-corrected chi connectivity index (χ4v) is 4.75. The average molecular weight is 215 g/mol. The molecule has 3 heteroatoms. The van der Waals surface area contributed by atoms with Crippen molar-refractivity contribution in [1.82, 2.24) is 0 Å². The molecule has 1 N–H and O–H groups in total. The molecule has 0 radical (unpaired) electrons. The second-order valence-corrected chi connectivity index (χ2v) is 5.94. The minimum absolute atomic E-state index is 0.104. The number of halogens is 1. The van der Waals surface area contributed by atoms with Crippen LogP contribution in [-0.4, -0.2) is 16.5 Å². The van der Waals surface area contributed by atoms with Crippen LogP contribution in [0.4, 0.5) is 0 Å². The molecule has 0 aromatic heterocycles. The Kier molecular flexibility index (Phi) is 1.71. The van der Waals surface area contributed by atoms with Gasteiger partial charge in [-0.3, -0.25) is 4.79 Å². The third-order valence-corrected chi connectivity index (χ3v) is 5.39. The van der Waals surface area contributed by atoms with Crippen LogP contribution in [0, 0.1) is 23.2 Å². The maximum Gasteiger partial charge on any atom is 0.311 e. The first-order valence-electron chi connectivity index (χ1n) is 5.49. The van der Waals surface area contributed by atoms with Gasteiger partial charge in [-0.15, -0.1) is 11.6 Å². The van der Waals surface area contributed by atoms with Gasteiger partial charge >= 0.3 is 5.97 Å². The van der Waals surface area contributed by atoms with E-state index in [-0.39, 0.29) is 5.38 Å². The molecule has 0 saturated heterocycles. The van der Waals surface area contributed by atoms with Gasteiger partial charge in [-0.25, -0.2) is 0 Å². The highest BCUT2D eigenvalue weighted by molar-refractivity contribution is 6.23. The Bertz CT molecular complexity index is 275. The number of rotatable bonds is 1. The van der Waals surface area contributed by atoms with Crippen molar-refractivity contribution in [2.75, 3.05) is 0 Å². The van der Waals surface area contributed by atoms with E-state index >= 15 is 0 Å². The topological polar surface area (TPSA) is 37.3 Å². The molecular weight excluding hydrogens is 200 g/mol. The van der Waals surface area contributed by atoms with Gasteiger partial charge in [0.05, 0.1) is 10.8 Å². The molecule has 0 amide bonds. The zero-order chi connectivity index (χ0) is 9.92. The van der Waals surface area contributed by atoms with Crippen molar-refractivity contribution in [2.24, 2.45) is 23.2 Å². The van der Waals surface area contributed by atoms with Crippen molar-refractivity contribution in [3.63, 3.8) is 0 Å². The molecule has 4 bridgehead atoms. The standard InChI is InChI=1S/C11H15ClO2/c12-9-8-2-6-1-7(3-8)5-11(9,4-6)10(13)14/h6-9H,1-5H2,(H,13,14)/t6-,7-,8?,9+,11?/m0/s1. The summed E-state index contributed by atoms with van der Waals surface area (Å²) >= 11 is 6.34. The normalized spacial score (nSPS) is 54.9. The van der Waals surface area contributed by atoms with Crippen molar-refractivity contribution in [1.29, 1.82) is 0 Å². The number of hydrogen-bond donors (Lipinski definition) is 1. The number of carboxylic acids is 1. The van der Waals surface area contributed by atoms with E-state index in [0.717, 1.165) is 12.8 Å². The van der Waals surface area contributed by atoms with Crippen molar-refractivity contribution >= 4 is 17.6 Å². The van der Waals surface area contributed by atoms with Crippen LogP contribution in [0.25, 0.3) is 0 Å². The summed E-state index contributed by atoms with van der Waals surface area (Å²) in [6, 6.07) is 0. The summed E-state index contributed by atoms with van der Waals surface area (Å²) in [4.78, 5) is 11.4. The lowest BCUT2D eigenvalue weighted by atomic mass is 9.49. The first-order chi connectivity index (χ1) is 6.62. The summed E-state index contributed by atoms with van der Waals surface area (Å²) in [5.74, 6) is 1.15. The summed E-state index contributed by atoms with van der Waals surface area (Å²) in [6.07, 6.45) is 5.29. The summed E-state index contributed by atoms with van der Waals surface area (Å²) in [5.41, 5.74) is -0.559. The summed E-state index contributed by atoms with van der Waals surface area (Å²) in [7, 11) is 0. The maximum atomic E-state index is 11.4. The average Bonchev–Trinajstić information content (AvgIpc) is 2.12. The number of carboxylic acid groups (broad SMARTS) is 1. The lowest BCUT2D eigenvalue weighted by Crippen LogP contribution is -2.57. The quantitative estimate of drug-likeness (QED) is 0.681. The van der Waals surface area contributed by atoms with Gasteiger partial charge in [0.1, 0.15) is 0 Å². The first-order valence-corrected chi connectivity index (χ1v) is 5.93. The monoisotopic (exact) mass is 214 g/mol. The summed E-state index contributed by atoms with van der Waals surface area (Å²) in [6.45, 7) is 0. The predicted octanol–water partition coefficient (Wildman–Crippen LogP) is 2.50. The van der Waals surface area contributed by atoms with Gasteiger partial charge in [0, 0.05) is 0 Å². The summed E-state index contributed by atoms with van der Waals surface area (Å²) in [5, 5.41) is 9.26. The van der Waals surface area contributed by atoms with E-state index < -0.39 is 11.4 Å². The molecule has 78 valence electrons. The Hall–Kier alpha value is -0.240. The zero-order valence-corrected chi connectivity index (χ0v) is 8.83. The largest absolute Gasteiger partial charge is 0.481 e. The Morgan fingerprint density at radius 1 is 1.21 bits per heavy atom. The molecule has 14 heavy (non-hydrogen) atoms. The van der Waals surface area contributed by atoms with E-state index in [0.29, 0.717) is 17.8 Å². The highest BCUT2D eigenvalue weighted by Gasteiger charge is 2.60. The third-order valence-electron chi connectivity index (χ3n) is 4.61. The van der Waals surface area contributed by atoms with Crippen LogP contribution in [0.2, 0.25) is 0 Å². The zero-order valence-electron chi connectivity index (χ0n) is 8.08. The van der Waals surface area contributed by atoms with Crippen molar-refractivity contribution < 1.29 is 9.90 Å². The van der Waals surface area contributed by atoms with E-state index in [1.54, 1.807) is 0 Å². The van der Waals surface area contributed by atoms with Gasteiger partial charge in [0.2, 0.25) is 0 Å². The Morgan fingerprint density at radius 2 is 1.79 bits per heavy atom. The molecule has 4 rings (SSSR count). The summed E-state index contributed by atoms with van der Waals surface area (Å²) < 4.78 is 0. The van der Waals surface area contributed by atoms with E-state index in [4.69, 9.17) is 11.6 Å². The van der Waals surface area contributed by atoms with Crippen LogP contribution in [0.5, 0.6) is 0 Å². The third kappa shape index (κ3) is 0.955. The van der Waals surface area contributed by atoms with Gasteiger partial charge in [-0.1, -0.05) is 0 Å². The second-order valence-electron chi connectivity index (χ2n) is 5.47. The first kappa shape index (κ1) is 9.02. The van der Waals surface area contributed by atoms with E-state index in [2.05, 4.69) is 0 Å². The molecule has 4 fully saturated rings. The fourth-order valence-electron chi connectivity index (χ4n) is 4.27.